The van der Waals surface area contributed by atoms with E-state index in [1.807, 2.05) is 42.5 Å². The van der Waals surface area contributed by atoms with Gasteiger partial charge in [-0.1, -0.05) is 61.4 Å². The average Bonchev–Trinajstić information content (AvgIpc) is 3.56. The minimum atomic E-state index is -1.11. The summed E-state index contributed by atoms with van der Waals surface area (Å²) >= 11 is 0. The van der Waals surface area contributed by atoms with E-state index in [0.29, 0.717) is 6.54 Å². The van der Waals surface area contributed by atoms with Crippen LogP contribution in [0.1, 0.15) is 31.2 Å². The maximum Gasteiger partial charge on any atom is 0.246 e. The monoisotopic (exact) mass is 435 g/mol. The molecule has 3 fully saturated rings. The molecule has 0 radical (unpaired) electrons. The first kappa shape index (κ1) is 20.9. The van der Waals surface area contributed by atoms with Gasteiger partial charge in [0.25, 0.3) is 0 Å². The van der Waals surface area contributed by atoms with Gasteiger partial charge in [0, 0.05) is 19.1 Å². The minimum absolute atomic E-state index is 0.131. The predicted octanol–water partition coefficient (Wildman–Crippen LogP) is 1.70. The Labute approximate surface area is 187 Å². The van der Waals surface area contributed by atoms with Gasteiger partial charge in [0.1, 0.15) is 11.6 Å². The average molecular weight is 436 g/mol. The van der Waals surface area contributed by atoms with Crippen LogP contribution < -0.4 is 10.6 Å². The summed E-state index contributed by atoms with van der Waals surface area (Å²) in [6, 6.07) is 8.97. The molecule has 5 atom stereocenters. The Hall–Kier alpha value is -2.93. The van der Waals surface area contributed by atoms with E-state index in [2.05, 4.69) is 17.2 Å². The second-order valence-electron chi connectivity index (χ2n) is 9.17. The summed E-state index contributed by atoms with van der Waals surface area (Å²) in [5.74, 6) is -2.02. The fourth-order valence-corrected chi connectivity index (χ4v) is 5.86. The van der Waals surface area contributed by atoms with Crippen molar-refractivity contribution in [1.29, 1.82) is 0 Å². The number of hydrogen-bond donors (Lipinski definition) is 2. The number of likely N-dealkylation sites (tertiary alicyclic amines) is 1. The van der Waals surface area contributed by atoms with Gasteiger partial charge in [0.2, 0.25) is 17.7 Å². The summed E-state index contributed by atoms with van der Waals surface area (Å²) in [6.07, 6.45) is 8.88. The topological polar surface area (TPSA) is 87.7 Å². The van der Waals surface area contributed by atoms with Crippen LogP contribution in [0.5, 0.6) is 0 Å². The number of nitrogens with one attached hydrogen (secondary N) is 2. The number of nitrogens with zero attached hydrogens (tertiary/aromatic N) is 1. The summed E-state index contributed by atoms with van der Waals surface area (Å²) in [4.78, 5) is 41.6. The van der Waals surface area contributed by atoms with Gasteiger partial charge in [-0.15, -0.1) is 6.58 Å². The lowest BCUT2D eigenvalue weighted by atomic mass is 9.74. The van der Waals surface area contributed by atoms with Crippen molar-refractivity contribution in [1.82, 2.24) is 15.5 Å². The Balaban J connectivity index is 1.39. The van der Waals surface area contributed by atoms with E-state index in [-0.39, 0.29) is 30.3 Å². The maximum absolute atomic E-state index is 13.5. The maximum atomic E-state index is 13.5. The molecule has 32 heavy (non-hydrogen) atoms. The van der Waals surface area contributed by atoms with Gasteiger partial charge in [-0.2, -0.15) is 0 Å². The predicted molar refractivity (Wildman–Crippen MR) is 118 cm³/mol. The zero-order chi connectivity index (χ0) is 22.3. The van der Waals surface area contributed by atoms with Crippen molar-refractivity contribution in [3.63, 3.8) is 0 Å². The first-order chi connectivity index (χ1) is 15.5. The molecule has 4 aliphatic rings. The van der Waals surface area contributed by atoms with Crippen molar-refractivity contribution in [3.05, 3.63) is 60.7 Å². The number of amides is 3. The second-order valence-corrected chi connectivity index (χ2v) is 9.17. The van der Waals surface area contributed by atoms with Gasteiger partial charge in [-0.05, 0) is 18.4 Å². The highest BCUT2D eigenvalue weighted by Gasteiger charge is 2.72. The Morgan fingerprint density at radius 2 is 1.94 bits per heavy atom. The van der Waals surface area contributed by atoms with Crippen LogP contribution >= 0.6 is 0 Å². The Morgan fingerprint density at radius 3 is 2.66 bits per heavy atom. The van der Waals surface area contributed by atoms with Crippen LogP contribution in [-0.4, -0.2) is 53.0 Å². The van der Waals surface area contributed by atoms with E-state index < -0.39 is 29.6 Å². The molecule has 7 nitrogen and oxygen atoms in total. The van der Waals surface area contributed by atoms with Gasteiger partial charge in [-0.25, -0.2) is 0 Å². The fraction of sp³-hybridized carbons (Fsp3) is 0.480. The van der Waals surface area contributed by atoms with Crippen LogP contribution in [0.15, 0.2) is 55.1 Å². The Kier molecular flexibility index (Phi) is 5.37. The standard InChI is InChI=1S/C25H29N3O4/c1-2-14-28-21(23(30)27-17-10-6-7-11-17)25-13-12-18(32-25)19(20(25)24(28)31)22(29)26-15-16-8-4-3-5-9-16/h2-5,8-9,12-13,17-21H,1,6-7,10-11,14-15H2,(H,26,29)(H,27,30)/t18-,19+,20-,21-,25-/m1/s1. The van der Waals surface area contributed by atoms with Crippen molar-refractivity contribution < 1.29 is 19.1 Å². The molecule has 3 amide bonds. The molecule has 1 saturated carbocycles. The third kappa shape index (κ3) is 3.26. The minimum Gasteiger partial charge on any atom is -0.359 e. The molecular formula is C25H29N3O4. The first-order valence-electron chi connectivity index (χ1n) is 11.5. The van der Waals surface area contributed by atoms with Crippen LogP contribution in [0.2, 0.25) is 0 Å². The molecule has 168 valence electrons. The number of carbonyl (C=O) groups excluding carboxylic acids is 3. The molecule has 2 bridgehead atoms. The van der Waals surface area contributed by atoms with Crippen LogP contribution in [0, 0.1) is 11.8 Å². The summed E-state index contributed by atoms with van der Waals surface area (Å²) in [6.45, 7) is 4.38. The zero-order valence-electron chi connectivity index (χ0n) is 18.0. The molecule has 3 aliphatic heterocycles. The Bertz CT molecular complexity index is 955. The van der Waals surface area contributed by atoms with Crippen molar-refractivity contribution in [2.45, 2.75) is 56.0 Å². The molecule has 2 N–H and O–H groups in total. The number of hydrogen-bond acceptors (Lipinski definition) is 4. The third-order valence-electron chi connectivity index (χ3n) is 7.26. The molecule has 0 unspecified atom stereocenters. The lowest BCUT2D eigenvalue weighted by Crippen LogP contribution is -2.56. The molecule has 2 saturated heterocycles. The highest BCUT2D eigenvalue weighted by Crippen LogP contribution is 2.55. The highest BCUT2D eigenvalue weighted by molar-refractivity contribution is 6.00. The van der Waals surface area contributed by atoms with Crippen LogP contribution in [-0.2, 0) is 25.7 Å². The number of rotatable bonds is 7. The van der Waals surface area contributed by atoms with Crippen molar-refractivity contribution in [3.8, 4) is 0 Å². The van der Waals surface area contributed by atoms with E-state index in [1.54, 1.807) is 6.08 Å². The van der Waals surface area contributed by atoms with E-state index >= 15 is 0 Å². The molecule has 1 aromatic rings. The van der Waals surface area contributed by atoms with E-state index in [1.165, 1.54) is 4.90 Å². The summed E-state index contributed by atoms with van der Waals surface area (Å²) in [5.41, 5.74) is -0.127. The van der Waals surface area contributed by atoms with E-state index in [0.717, 1.165) is 31.2 Å². The Morgan fingerprint density at radius 1 is 1.19 bits per heavy atom. The quantitative estimate of drug-likeness (QED) is 0.638. The van der Waals surface area contributed by atoms with Gasteiger partial charge in [0.05, 0.1) is 17.9 Å². The van der Waals surface area contributed by atoms with Crippen LogP contribution in [0.4, 0.5) is 0 Å². The smallest absolute Gasteiger partial charge is 0.246 e. The largest absolute Gasteiger partial charge is 0.359 e. The molecule has 3 heterocycles. The number of fused-ring (bicyclic) bond motifs is 1. The molecule has 1 spiro atoms. The number of benzene rings is 1. The lowest BCUT2D eigenvalue weighted by molar-refractivity contribution is -0.141. The molecule has 1 aliphatic carbocycles. The molecule has 5 rings (SSSR count). The number of carbonyl (C=O) groups is 3. The summed E-state index contributed by atoms with van der Waals surface area (Å²) < 4.78 is 6.29. The van der Waals surface area contributed by atoms with Gasteiger partial charge in [-0.3, -0.25) is 14.4 Å². The number of ether oxygens (including phenoxy) is 1. The first-order valence-corrected chi connectivity index (χ1v) is 11.5. The lowest BCUT2D eigenvalue weighted by Gasteiger charge is -2.32. The summed E-state index contributed by atoms with van der Waals surface area (Å²) in [7, 11) is 0. The molecular weight excluding hydrogens is 406 g/mol. The zero-order valence-corrected chi connectivity index (χ0v) is 18.0. The van der Waals surface area contributed by atoms with Crippen molar-refractivity contribution >= 4 is 17.7 Å². The normalized spacial score (nSPS) is 32.9. The molecule has 7 heteroatoms. The van der Waals surface area contributed by atoms with Crippen LogP contribution in [0.25, 0.3) is 0 Å². The van der Waals surface area contributed by atoms with Crippen molar-refractivity contribution in [2.75, 3.05) is 6.54 Å². The van der Waals surface area contributed by atoms with Gasteiger partial charge in [0.15, 0.2) is 0 Å². The second kappa shape index (κ2) is 8.20. The van der Waals surface area contributed by atoms with Crippen molar-refractivity contribution in [2.24, 2.45) is 11.8 Å². The third-order valence-corrected chi connectivity index (χ3v) is 7.26. The van der Waals surface area contributed by atoms with Gasteiger partial charge < -0.3 is 20.3 Å². The molecule has 1 aromatic carbocycles. The van der Waals surface area contributed by atoms with E-state index in [4.69, 9.17) is 4.74 Å². The summed E-state index contributed by atoms with van der Waals surface area (Å²) in [5, 5.41) is 6.09. The highest BCUT2D eigenvalue weighted by atomic mass is 16.5. The van der Waals surface area contributed by atoms with E-state index in [9.17, 15) is 14.4 Å². The van der Waals surface area contributed by atoms with Gasteiger partial charge >= 0.3 is 0 Å². The SMILES string of the molecule is C=CCN1C(=O)[C@H]2[C@@H](C(=O)NCc3ccccc3)[C@H]3C=C[C@]2(O3)[C@H]1C(=O)NC1CCCC1. The molecule has 0 aromatic heterocycles. The fourth-order valence-electron chi connectivity index (χ4n) is 5.86. The van der Waals surface area contributed by atoms with Crippen LogP contribution in [0.3, 0.4) is 0 Å².